The second kappa shape index (κ2) is 11.1. The Morgan fingerprint density at radius 1 is 1.06 bits per heavy atom. The molecule has 192 valence electrons. The van der Waals surface area contributed by atoms with Crippen molar-refractivity contribution in [3.63, 3.8) is 0 Å². The Bertz CT molecular complexity index is 1040. The summed E-state index contributed by atoms with van der Waals surface area (Å²) < 4.78 is 71.4. The first-order chi connectivity index (χ1) is 16.2. The van der Waals surface area contributed by atoms with Crippen LogP contribution in [-0.2, 0) is 11.0 Å². The number of carboxylic acids is 1. The zero-order chi connectivity index (χ0) is 26.4. The molecular weight excluding hydrogens is 488 g/mol. The number of nitrogens with one attached hydrogen (secondary N) is 3. The number of carbonyl (C=O) groups is 3. The average Bonchev–Trinajstić information content (AvgIpc) is 3.17. The van der Waals surface area contributed by atoms with Gasteiger partial charge in [0.05, 0.1) is 16.8 Å². The van der Waals surface area contributed by atoms with E-state index in [0.29, 0.717) is 12.2 Å². The Hall–Kier alpha value is -3.75. The van der Waals surface area contributed by atoms with E-state index in [1.165, 1.54) is 29.1 Å². The number of benzene rings is 1. The molecule has 1 atom stereocenters. The summed E-state index contributed by atoms with van der Waals surface area (Å²) in [7, 11) is 0. The highest BCUT2D eigenvalue weighted by molar-refractivity contribution is 6.03. The number of piperidine rings is 1. The monoisotopic (exact) mass is 509 g/mol. The van der Waals surface area contributed by atoms with Crippen molar-refractivity contribution in [2.24, 2.45) is 5.73 Å². The van der Waals surface area contributed by atoms with E-state index in [4.69, 9.17) is 15.6 Å². The smallest absolute Gasteiger partial charge is 0.475 e. The van der Waals surface area contributed by atoms with Crippen molar-refractivity contribution in [1.29, 1.82) is 0 Å². The van der Waals surface area contributed by atoms with Crippen molar-refractivity contribution < 1.29 is 45.8 Å². The van der Waals surface area contributed by atoms with Crippen LogP contribution < -0.4 is 21.7 Å². The Morgan fingerprint density at radius 3 is 2.11 bits per heavy atom. The summed E-state index contributed by atoms with van der Waals surface area (Å²) in [5.41, 5.74) is 5.14. The van der Waals surface area contributed by atoms with E-state index >= 15 is 0 Å². The Labute approximate surface area is 194 Å². The topological polar surface area (TPSA) is 138 Å². The molecule has 1 aliphatic rings. The summed E-state index contributed by atoms with van der Waals surface area (Å²) in [6.07, 6.45) is -4.88. The number of hydrogen-bond acceptors (Lipinski definition) is 4. The fourth-order valence-electron chi connectivity index (χ4n) is 3.08. The number of halogens is 6. The Morgan fingerprint density at radius 2 is 1.66 bits per heavy atom. The van der Waals surface area contributed by atoms with Gasteiger partial charge < -0.3 is 31.4 Å². The molecule has 1 aromatic carbocycles. The lowest BCUT2D eigenvalue weighted by Crippen LogP contribution is -2.45. The van der Waals surface area contributed by atoms with Crippen LogP contribution in [0.4, 0.5) is 36.8 Å². The number of carboxylic acid groups (broad SMARTS) is 1. The summed E-state index contributed by atoms with van der Waals surface area (Å²) in [6, 6.07) is 3.57. The molecule has 0 radical (unpaired) electrons. The maximum atomic E-state index is 12.7. The number of amides is 3. The van der Waals surface area contributed by atoms with Gasteiger partial charge in [0.15, 0.2) is 0 Å². The van der Waals surface area contributed by atoms with Gasteiger partial charge >= 0.3 is 24.4 Å². The fraction of sp³-hybridized carbons (Fsp3) is 0.350. The molecule has 9 nitrogen and oxygen atoms in total. The van der Waals surface area contributed by atoms with Crippen molar-refractivity contribution in [2.45, 2.75) is 31.2 Å². The lowest BCUT2D eigenvalue weighted by atomic mass is 10.1. The van der Waals surface area contributed by atoms with Crippen molar-refractivity contribution in [1.82, 2.24) is 15.2 Å². The van der Waals surface area contributed by atoms with Crippen LogP contribution >= 0.6 is 0 Å². The number of urea groups is 1. The average molecular weight is 509 g/mol. The van der Waals surface area contributed by atoms with E-state index in [2.05, 4.69) is 16.0 Å². The first-order valence-corrected chi connectivity index (χ1v) is 9.96. The molecule has 0 aliphatic carbocycles. The molecule has 3 amide bonds. The van der Waals surface area contributed by atoms with Gasteiger partial charge in [0.2, 0.25) is 0 Å². The number of hydrogen-bond donors (Lipinski definition) is 5. The van der Waals surface area contributed by atoms with Gasteiger partial charge in [-0.15, -0.1) is 0 Å². The number of primary amides is 1. The van der Waals surface area contributed by atoms with Gasteiger partial charge in [-0.3, -0.25) is 4.79 Å². The number of carbonyl (C=O) groups excluding carboxylic acids is 2. The van der Waals surface area contributed by atoms with E-state index in [9.17, 15) is 35.9 Å². The van der Waals surface area contributed by atoms with E-state index in [0.717, 1.165) is 31.5 Å². The van der Waals surface area contributed by atoms with Gasteiger partial charge in [0.25, 0.3) is 5.91 Å². The molecule has 6 N–H and O–H groups in total. The van der Waals surface area contributed by atoms with Gasteiger partial charge in [-0.05, 0) is 43.7 Å². The largest absolute Gasteiger partial charge is 0.490 e. The third-order valence-electron chi connectivity index (χ3n) is 4.70. The minimum absolute atomic E-state index is 0.0444. The van der Waals surface area contributed by atoms with Gasteiger partial charge in [-0.25, -0.2) is 9.59 Å². The van der Waals surface area contributed by atoms with Gasteiger partial charge in [-0.2, -0.15) is 26.3 Å². The minimum atomic E-state index is -5.08. The fourth-order valence-corrected chi connectivity index (χ4v) is 3.08. The summed E-state index contributed by atoms with van der Waals surface area (Å²) in [4.78, 5) is 32.8. The summed E-state index contributed by atoms with van der Waals surface area (Å²) in [5, 5.41) is 15.6. The standard InChI is InChI=1S/C18H20F3N5O2.C2HF3O2/c19-18(20,21)11-3-5-13(6-4-11)26-9-14(15(10-26)25-17(22)28)16(27)24-12-2-1-7-23-8-12;3-2(4,5)1(6)7/h3-6,9-10,12,23H,1-2,7-8H2,(H,24,27)(H3,22,25,28);(H,6,7)/t12-;/m0./s1. The molecule has 3 rings (SSSR count). The number of nitrogens with two attached hydrogens (primary N) is 1. The quantitative estimate of drug-likeness (QED) is 0.403. The van der Waals surface area contributed by atoms with Crippen molar-refractivity contribution >= 4 is 23.6 Å². The molecule has 0 bridgehead atoms. The van der Waals surface area contributed by atoms with E-state index < -0.39 is 35.8 Å². The third-order valence-corrected chi connectivity index (χ3v) is 4.70. The van der Waals surface area contributed by atoms with Crippen molar-refractivity contribution in [3.8, 4) is 5.69 Å². The molecule has 0 saturated carbocycles. The van der Waals surface area contributed by atoms with E-state index in [-0.39, 0.29) is 17.3 Å². The number of aromatic nitrogens is 1. The maximum Gasteiger partial charge on any atom is 0.490 e. The molecule has 1 aliphatic heterocycles. The van der Waals surface area contributed by atoms with Crippen LogP contribution in [0.2, 0.25) is 0 Å². The minimum Gasteiger partial charge on any atom is -0.475 e. The van der Waals surface area contributed by atoms with Crippen molar-refractivity contribution in [3.05, 3.63) is 47.8 Å². The molecule has 2 aromatic rings. The van der Waals surface area contributed by atoms with Crippen LogP contribution in [0, 0.1) is 0 Å². The van der Waals surface area contributed by atoms with Gasteiger partial charge in [-0.1, -0.05) is 0 Å². The molecule has 1 saturated heterocycles. The maximum absolute atomic E-state index is 12.7. The first kappa shape index (κ1) is 27.5. The highest BCUT2D eigenvalue weighted by Gasteiger charge is 2.38. The van der Waals surface area contributed by atoms with E-state index in [1.54, 1.807) is 0 Å². The highest BCUT2D eigenvalue weighted by atomic mass is 19.4. The number of rotatable bonds is 4. The molecule has 0 unspecified atom stereocenters. The lowest BCUT2D eigenvalue weighted by molar-refractivity contribution is -0.192. The normalized spacial score (nSPS) is 16.0. The summed E-state index contributed by atoms with van der Waals surface area (Å²) in [6.45, 7) is 1.54. The van der Waals surface area contributed by atoms with Gasteiger partial charge in [0.1, 0.15) is 0 Å². The zero-order valence-corrected chi connectivity index (χ0v) is 17.8. The second-order valence-corrected chi connectivity index (χ2v) is 7.35. The van der Waals surface area contributed by atoms with Crippen LogP contribution in [-0.4, -0.2) is 52.9 Å². The number of nitrogens with zero attached hydrogens (tertiary/aromatic N) is 1. The first-order valence-electron chi connectivity index (χ1n) is 9.96. The number of anilines is 1. The van der Waals surface area contributed by atoms with Gasteiger partial charge in [0, 0.05) is 30.7 Å². The van der Waals surface area contributed by atoms with Crippen LogP contribution in [0.1, 0.15) is 28.8 Å². The molecular formula is C20H21F6N5O4. The molecule has 1 aromatic heterocycles. The summed E-state index contributed by atoms with van der Waals surface area (Å²) in [5.74, 6) is -3.16. The third kappa shape index (κ3) is 8.20. The predicted octanol–water partition coefficient (Wildman–Crippen LogP) is 3.10. The lowest BCUT2D eigenvalue weighted by Gasteiger charge is -2.23. The molecule has 15 heteroatoms. The predicted molar refractivity (Wildman–Crippen MR) is 111 cm³/mol. The molecule has 2 heterocycles. The Kier molecular flexibility index (Phi) is 8.73. The van der Waals surface area contributed by atoms with Crippen molar-refractivity contribution in [2.75, 3.05) is 18.4 Å². The van der Waals surface area contributed by atoms with Crippen LogP contribution in [0.15, 0.2) is 36.7 Å². The van der Waals surface area contributed by atoms with E-state index in [1.807, 2.05) is 0 Å². The number of aliphatic carboxylic acids is 1. The zero-order valence-electron chi connectivity index (χ0n) is 17.8. The molecule has 1 fully saturated rings. The van der Waals surface area contributed by atoms with Crippen LogP contribution in [0.25, 0.3) is 5.69 Å². The van der Waals surface area contributed by atoms with Crippen LogP contribution in [0.5, 0.6) is 0 Å². The second-order valence-electron chi connectivity index (χ2n) is 7.35. The Balaban J connectivity index is 0.000000540. The molecule has 0 spiro atoms. The molecule has 35 heavy (non-hydrogen) atoms. The van der Waals surface area contributed by atoms with Crippen LogP contribution in [0.3, 0.4) is 0 Å². The number of alkyl halides is 6. The summed E-state index contributed by atoms with van der Waals surface area (Å²) >= 11 is 0. The highest BCUT2D eigenvalue weighted by Crippen LogP contribution is 2.30. The SMILES string of the molecule is NC(=O)Nc1cn(-c2ccc(C(F)(F)F)cc2)cc1C(=O)N[C@H]1CCCNC1.O=C(O)C(F)(F)F.